The Kier molecular flexibility index (Phi) is 5.21. The third kappa shape index (κ3) is 3.70. The first-order valence-corrected chi connectivity index (χ1v) is 7.06. The van der Waals surface area contributed by atoms with Gasteiger partial charge in [-0.3, -0.25) is 4.79 Å². The van der Waals surface area contributed by atoms with Crippen LogP contribution in [0.1, 0.15) is 26.2 Å². The van der Waals surface area contributed by atoms with E-state index in [4.69, 9.17) is 4.74 Å². The molecule has 0 aromatic heterocycles. The van der Waals surface area contributed by atoms with E-state index in [1.165, 1.54) is 0 Å². The lowest BCUT2D eigenvalue weighted by molar-refractivity contribution is -0.121. The van der Waals surface area contributed by atoms with E-state index in [0.29, 0.717) is 0 Å². The zero-order valence-electron chi connectivity index (χ0n) is 11.5. The van der Waals surface area contributed by atoms with Crippen molar-refractivity contribution in [3.05, 3.63) is 24.3 Å². The molecule has 0 atom stereocenters. The normalized spacial score (nSPS) is 14.2. The smallest absolute Gasteiger partial charge is 0.265 e. The molecular weight excluding hydrogens is 240 g/mol. The molecule has 4 nitrogen and oxygen atoms in total. The number of nitrogens with one attached hydrogen (secondary N) is 1. The zero-order chi connectivity index (χ0) is 13.5. The third-order valence-electron chi connectivity index (χ3n) is 3.22. The number of hydrogen-bond acceptors (Lipinski definition) is 3. The number of unbranched alkanes of at least 4 members (excludes halogenated alkanes) is 1. The molecule has 19 heavy (non-hydrogen) atoms. The Hall–Kier alpha value is -1.55. The van der Waals surface area contributed by atoms with E-state index < -0.39 is 0 Å². The van der Waals surface area contributed by atoms with Crippen molar-refractivity contribution < 1.29 is 9.53 Å². The van der Waals surface area contributed by atoms with E-state index >= 15 is 0 Å². The number of anilines is 1. The fourth-order valence-electron chi connectivity index (χ4n) is 2.22. The van der Waals surface area contributed by atoms with Gasteiger partial charge in [0.1, 0.15) is 5.75 Å². The number of carbonyl (C=O) groups excluding carboxylic acids is 1. The van der Waals surface area contributed by atoms with Crippen molar-refractivity contribution in [1.29, 1.82) is 0 Å². The SMILES string of the molecule is CCCNCCCCN1C(=O)COc2ccccc21. The highest BCUT2D eigenvalue weighted by atomic mass is 16.5. The molecule has 1 aromatic rings. The summed E-state index contributed by atoms with van der Waals surface area (Å²) in [6.07, 6.45) is 3.26. The van der Waals surface area contributed by atoms with Gasteiger partial charge in [0.15, 0.2) is 6.61 Å². The maximum atomic E-state index is 11.9. The molecule has 0 fully saturated rings. The van der Waals surface area contributed by atoms with Crippen molar-refractivity contribution in [3.8, 4) is 5.75 Å². The van der Waals surface area contributed by atoms with Gasteiger partial charge in [-0.1, -0.05) is 19.1 Å². The van der Waals surface area contributed by atoms with Crippen molar-refractivity contribution in [2.24, 2.45) is 0 Å². The average Bonchev–Trinajstić information content (AvgIpc) is 2.44. The van der Waals surface area contributed by atoms with Crippen LogP contribution in [0.3, 0.4) is 0 Å². The second kappa shape index (κ2) is 7.14. The van der Waals surface area contributed by atoms with Crippen LogP contribution >= 0.6 is 0 Å². The zero-order valence-corrected chi connectivity index (χ0v) is 11.5. The van der Waals surface area contributed by atoms with Crippen LogP contribution in [0.25, 0.3) is 0 Å². The van der Waals surface area contributed by atoms with Crippen LogP contribution in [0.4, 0.5) is 5.69 Å². The minimum Gasteiger partial charge on any atom is -0.482 e. The monoisotopic (exact) mass is 262 g/mol. The minimum atomic E-state index is 0.0558. The van der Waals surface area contributed by atoms with E-state index in [-0.39, 0.29) is 12.5 Å². The fraction of sp³-hybridized carbons (Fsp3) is 0.533. The van der Waals surface area contributed by atoms with Crippen LogP contribution in [0, 0.1) is 0 Å². The lowest BCUT2D eigenvalue weighted by atomic mass is 10.2. The van der Waals surface area contributed by atoms with Crippen LogP contribution in [0.15, 0.2) is 24.3 Å². The molecule has 1 N–H and O–H groups in total. The summed E-state index contributed by atoms with van der Waals surface area (Å²) in [7, 11) is 0. The topological polar surface area (TPSA) is 41.6 Å². The first-order valence-electron chi connectivity index (χ1n) is 7.06. The van der Waals surface area contributed by atoms with Gasteiger partial charge in [0.2, 0.25) is 0 Å². The highest BCUT2D eigenvalue weighted by Crippen LogP contribution is 2.31. The number of hydrogen-bond donors (Lipinski definition) is 1. The molecule has 2 rings (SSSR count). The van der Waals surface area contributed by atoms with E-state index in [0.717, 1.165) is 50.3 Å². The molecule has 0 aliphatic carbocycles. The van der Waals surface area contributed by atoms with Gasteiger partial charge in [0, 0.05) is 6.54 Å². The summed E-state index contributed by atoms with van der Waals surface area (Å²) in [5.74, 6) is 0.867. The maximum absolute atomic E-state index is 11.9. The van der Waals surface area contributed by atoms with Crippen molar-refractivity contribution in [3.63, 3.8) is 0 Å². The lowest BCUT2D eigenvalue weighted by Gasteiger charge is -2.29. The van der Waals surface area contributed by atoms with Crippen molar-refractivity contribution >= 4 is 11.6 Å². The number of benzene rings is 1. The number of ether oxygens (including phenoxy) is 1. The second-order valence-corrected chi connectivity index (χ2v) is 4.76. The average molecular weight is 262 g/mol. The molecule has 0 bridgehead atoms. The van der Waals surface area contributed by atoms with Gasteiger partial charge in [0.05, 0.1) is 5.69 Å². The Morgan fingerprint density at radius 1 is 1.26 bits per heavy atom. The Bertz CT molecular complexity index is 420. The Morgan fingerprint density at radius 2 is 2.11 bits per heavy atom. The van der Waals surface area contributed by atoms with E-state index in [1.54, 1.807) is 0 Å². The van der Waals surface area contributed by atoms with Crippen LogP contribution in [-0.4, -0.2) is 32.1 Å². The Morgan fingerprint density at radius 3 is 2.95 bits per heavy atom. The summed E-state index contributed by atoms with van der Waals surface area (Å²) in [6, 6.07) is 7.73. The molecule has 104 valence electrons. The summed E-state index contributed by atoms with van der Waals surface area (Å²) < 4.78 is 5.42. The first-order chi connectivity index (χ1) is 9.33. The van der Waals surface area contributed by atoms with Gasteiger partial charge >= 0.3 is 0 Å². The highest BCUT2D eigenvalue weighted by molar-refractivity contribution is 5.97. The number of rotatable bonds is 7. The van der Waals surface area contributed by atoms with Gasteiger partial charge in [-0.15, -0.1) is 0 Å². The summed E-state index contributed by atoms with van der Waals surface area (Å²) >= 11 is 0. The Balaban J connectivity index is 1.84. The molecule has 0 saturated heterocycles. The van der Waals surface area contributed by atoms with Crippen LogP contribution in [0.5, 0.6) is 5.75 Å². The number of fused-ring (bicyclic) bond motifs is 1. The lowest BCUT2D eigenvalue weighted by Crippen LogP contribution is -2.39. The van der Waals surface area contributed by atoms with E-state index in [2.05, 4.69) is 12.2 Å². The molecule has 1 aromatic carbocycles. The molecule has 1 amide bonds. The van der Waals surface area contributed by atoms with Gasteiger partial charge in [-0.25, -0.2) is 0 Å². The summed E-state index contributed by atoms with van der Waals surface area (Å²) in [5.41, 5.74) is 0.903. The summed E-state index contributed by atoms with van der Waals surface area (Å²) in [6.45, 7) is 5.18. The quantitative estimate of drug-likeness (QED) is 0.766. The second-order valence-electron chi connectivity index (χ2n) is 4.76. The molecular formula is C15H22N2O2. The summed E-state index contributed by atoms with van der Waals surface area (Å²) in [4.78, 5) is 13.8. The van der Waals surface area contributed by atoms with Gasteiger partial charge in [-0.05, 0) is 44.5 Å². The molecule has 0 saturated carbocycles. The first kappa shape index (κ1) is 13.9. The van der Waals surface area contributed by atoms with Gasteiger partial charge in [-0.2, -0.15) is 0 Å². The molecule has 0 unspecified atom stereocenters. The van der Waals surface area contributed by atoms with Crippen molar-refractivity contribution in [2.75, 3.05) is 31.1 Å². The third-order valence-corrected chi connectivity index (χ3v) is 3.22. The van der Waals surface area contributed by atoms with Crippen LogP contribution in [0.2, 0.25) is 0 Å². The molecule has 1 aliphatic rings. The largest absolute Gasteiger partial charge is 0.482 e. The number of para-hydroxylation sites is 2. The standard InChI is InChI=1S/C15H22N2O2/c1-2-9-16-10-5-6-11-17-13-7-3-4-8-14(13)19-12-15(17)18/h3-4,7-8,16H,2,5-6,9-12H2,1H3. The number of amides is 1. The molecule has 1 heterocycles. The maximum Gasteiger partial charge on any atom is 0.265 e. The summed E-state index contributed by atoms with van der Waals surface area (Å²) in [5, 5.41) is 3.38. The Labute approximate surface area is 114 Å². The van der Waals surface area contributed by atoms with Gasteiger partial charge in [0.25, 0.3) is 5.91 Å². The minimum absolute atomic E-state index is 0.0558. The number of nitrogens with zero attached hydrogens (tertiary/aromatic N) is 1. The predicted molar refractivity (Wildman–Crippen MR) is 76.7 cm³/mol. The van der Waals surface area contributed by atoms with E-state index in [1.807, 2.05) is 29.2 Å². The van der Waals surface area contributed by atoms with Crippen molar-refractivity contribution in [2.45, 2.75) is 26.2 Å². The van der Waals surface area contributed by atoms with Gasteiger partial charge < -0.3 is 15.0 Å². The molecule has 0 spiro atoms. The van der Waals surface area contributed by atoms with Crippen LogP contribution < -0.4 is 15.0 Å². The van der Waals surface area contributed by atoms with E-state index in [9.17, 15) is 4.79 Å². The predicted octanol–water partition coefficient (Wildman–Crippen LogP) is 2.19. The number of carbonyl (C=O) groups is 1. The fourth-order valence-corrected chi connectivity index (χ4v) is 2.22. The highest BCUT2D eigenvalue weighted by Gasteiger charge is 2.24. The molecule has 4 heteroatoms. The van der Waals surface area contributed by atoms with Crippen LogP contribution in [-0.2, 0) is 4.79 Å². The van der Waals surface area contributed by atoms with Crippen molar-refractivity contribution in [1.82, 2.24) is 5.32 Å². The molecule has 0 radical (unpaired) electrons. The molecule has 1 aliphatic heterocycles.